The van der Waals surface area contributed by atoms with Crippen molar-refractivity contribution < 1.29 is 32.2 Å². The van der Waals surface area contributed by atoms with Crippen molar-refractivity contribution in [2.75, 3.05) is 19.7 Å². The van der Waals surface area contributed by atoms with Crippen molar-refractivity contribution in [2.24, 2.45) is 0 Å². The van der Waals surface area contributed by atoms with Crippen molar-refractivity contribution in [1.82, 2.24) is 10.6 Å². The van der Waals surface area contributed by atoms with Gasteiger partial charge in [0.15, 0.2) is 0 Å². The van der Waals surface area contributed by atoms with Crippen molar-refractivity contribution in [1.29, 1.82) is 0 Å². The van der Waals surface area contributed by atoms with Crippen LogP contribution in [-0.4, -0.2) is 37.9 Å². The molecule has 0 radical (unpaired) electrons. The summed E-state index contributed by atoms with van der Waals surface area (Å²) in [5.74, 6) is -0.410. The van der Waals surface area contributed by atoms with Gasteiger partial charge in [-0.2, -0.15) is 0 Å². The Hall–Kier alpha value is -3.23. The molecule has 0 saturated heterocycles. The van der Waals surface area contributed by atoms with E-state index >= 15 is 0 Å². The van der Waals surface area contributed by atoms with E-state index < -0.39 is 6.36 Å². The van der Waals surface area contributed by atoms with Crippen molar-refractivity contribution in [3.63, 3.8) is 0 Å². The highest BCUT2D eigenvalue weighted by Crippen LogP contribution is 2.22. The molecule has 0 bridgehead atoms. The minimum atomic E-state index is -4.73. The lowest BCUT2D eigenvalue weighted by Gasteiger charge is -2.10. The minimum Gasteiger partial charge on any atom is -0.494 e. The monoisotopic (exact) mass is 410 g/mol. The fourth-order valence-electron chi connectivity index (χ4n) is 2.40. The number of amides is 2. The van der Waals surface area contributed by atoms with Crippen molar-refractivity contribution in [3.05, 3.63) is 59.7 Å². The number of hydrogen-bond donors (Lipinski definition) is 2. The molecule has 0 aliphatic rings. The standard InChI is InChI=1S/C20H21F3N2O4/c1-2-28-16-9-5-15(6-10-16)19(27)25-13-18(26)24-12-11-14-3-7-17(8-4-14)29-20(21,22)23/h3-10H,2,11-13H2,1H3,(H,24,26)(H,25,27). The van der Waals surface area contributed by atoms with Crippen LogP contribution in [0.3, 0.4) is 0 Å². The molecule has 156 valence electrons. The third kappa shape index (κ3) is 8.12. The number of nitrogens with one attached hydrogen (secondary N) is 2. The molecule has 2 amide bonds. The van der Waals surface area contributed by atoms with Crippen LogP contribution in [0.2, 0.25) is 0 Å². The summed E-state index contributed by atoms with van der Waals surface area (Å²) >= 11 is 0. The molecule has 0 unspecified atom stereocenters. The van der Waals surface area contributed by atoms with Gasteiger partial charge in [0, 0.05) is 12.1 Å². The summed E-state index contributed by atoms with van der Waals surface area (Å²) < 4.78 is 45.4. The first kappa shape index (κ1) is 22.1. The summed E-state index contributed by atoms with van der Waals surface area (Å²) in [7, 11) is 0. The lowest BCUT2D eigenvalue weighted by molar-refractivity contribution is -0.274. The van der Waals surface area contributed by atoms with Crippen LogP contribution in [0.1, 0.15) is 22.8 Å². The summed E-state index contributed by atoms with van der Waals surface area (Å²) in [6, 6.07) is 11.9. The number of carbonyl (C=O) groups excluding carboxylic acids is 2. The Morgan fingerprint density at radius 2 is 1.55 bits per heavy atom. The molecule has 2 aromatic carbocycles. The maximum absolute atomic E-state index is 12.1. The van der Waals surface area contributed by atoms with Gasteiger partial charge in [0.2, 0.25) is 5.91 Å². The molecule has 0 saturated carbocycles. The smallest absolute Gasteiger partial charge is 0.494 e. The number of hydrogen-bond acceptors (Lipinski definition) is 4. The molecule has 0 aromatic heterocycles. The summed E-state index contributed by atoms with van der Waals surface area (Å²) in [5, 5.41) is 5.14. The van der Waals surface area contributed by atoms with Crippen LogP contribution in [0.5, 0.6) is 11.5 Å². The van der Waals surface area contributed by atoms with Crippen LogP contribution in [0.15, 0.2) is 48.5 Å². The molecule has 2 aromatic rings. The Bertz CT molecular complexity index is 806. The van der Waals surface area contributed by atoms with E-state index in [9.17, 15) is 22.8 Å². The lowest BCUT2D eigenvalue weighted by Crippen LogP contribution is -2.37. The largest absolute Gasteiger partial charge is 0.573 e. The molecule has 29 heavy (non-hydrogen) atoms. The van der Waals surface area contributed by atoms with E-state index in [-0.39, 0.29) is 30.7 Å². The van der Waals surface area contributed by atoms with E-state index in [4.69, 9.17) is 4.74 Å². The number of benzene rings is 2. The molecule has 0 fully saturated rings. The van der Waals surface area contributed by atoms with Crippen LogP contribution in [0, 0.1) is 0 Å². The van der Waals surface area contributed by atoms with E-state index in [1.807, 2.05) is 6.92 Å². The van der Waals surface area contributed by atoms with Crippen molar-refractivity contribution in [3.8, 4) is 11.5 Å². The van der Waals surface area contributed by atoms with E-state index in [0.29, 0.717) is 24.3 Å². The van der Waals surface area contributed by atoms with Gasteiger partial charge in [-0.3, -0.25) is 9.59 Å². The first-order chi connectivity index (χ1) is 13.8. The second-order valence-electron chi connectivity index (χ2n) is 5.93. The molecule has 0 atom stereocenters. The predicted octanol–water partition coefficient (Wildman–Crippen LogP) is 3.07. The molecule has 0 spiro atoms. The average molecular weight is 410 g/mol. The number of carbonyl (C=O) groups is 2. The van der Waals surface area contributed by atoms with Crippen LogP contribution in [-0.2, 0) is 11.2 Å². The summed E-state index contributed by atoms with van der Waals surface area (Å²) in [5.41, 5.74) is 1.14. The number of alkyl halides is 3. The lowest BCUT2D eigenvalue weighted by atomic mass is 10.1. The highest BCUT2D eigenvalue weighted by atomic mass is 19.4. The van der Waals surface area contributed by atoms with Crippen molar-refractivity contribution in [2.45, 2.75) is 19.7 Å². The normalized spacial score (nSPS) is 10.9. The topological polar surface area (TPSA) is 76.7 Å². The molecule has 2 N–H and O–H groups in total. The molecule has 6 nitrogen and oxygen atoms in total. The van der Waals surface area contributed by atoms with Gasteiger partial charge in [0.1, 0.15) is 11.5 Å². The minimum absolute atomic E-state index is 0.190. The van der Waals surface area contributed by atoms with Gasteiger partial charge >= 0.3 is 6.36 Å². The Morgan fingerprint density at radius 1 is 0.931 bits per heavy atom. The SMILES string of the molecule is CCOc1ccc(C(=O)NCC(=O)NCCc2ccc(OC(F)(F)F)cc2)cc1. The van der Waals surface area contributed by atoms with Crippen LogP contribution < -0.4 is 20.1 Å². The number of halogens is 3. The average Bonchev–Trinajstić information content (AvgIpc) is 2.67. The third-order valence-corrected chi connectivity index (χ3v) is 3.73. The maximum Gasteiger partial charge on any atom is 0.573 e. The van der Waals surface area contributed by atoms with E-state index in [1.54, 1.807) is 24.3 Å². The zero-order valence-corrected chi connectivity index (χ0v) is 15.7. The number of rotatable bonds is 9. The maximum atomic E-state index is 12.1. The summed E-state index contributed by atoms with van der Waals surface area (Å²) in [6.07, 6.45) is -4.31. The predicted molar refractivity (Wildman–Crippen MR) is 99.8 cm³/mol. The Morgan fingerprint density at radius 3 is 2.14 bits per heavy atom. The molecule has 0 aliphatic carbocycles. The highest BCUT2D eigenvalue weighted by molar-refractivity contribution is 5.96. The summed E-state index contributed by atoms with van der Waals surface area (Å²) in [6.45, 7) is 2.47. The van der Waals surface area contributed by atoms with Gasteiger partial charge in [-0.05, 0) is 55.3 Å². The van der Waals surface area contributed by atoms with Crippen LogP contribution in [0.25, 0.3) is 0 Å². The van der Waals surface area contributed by atoms with Gasteiger partial charge in [-0.25, -0.2) is 0 Å². The molecule has 0 aliphatic heterocycles. The van der Waals surface area contributed by atoms with Gasteiger partial charge in [0.05, 0.1) is 13.2 Å². The van der Waals surface area contributed by atoms with Gasteiger partial charge in [-0.1, -0.05) is 12.1 Å². The van der Waals surface area contributed by atoms with E-state index in [1.165, 1.54) is 24.3 Å². The fourth-order valence-corrected chi connectivity index (χ4v) is 2.40. The molecule has 0 heterocycles. The first-order valence-corrected chi connectivity index (χ1v) is 8.89. The first-order valence-electron chi connectivity index (χ1n) is 8.89. The van der Waals surface area contributed by atoms with Gasteiger partial charge < -0.3 is 20.1 Å². The van der Waals surface area contributed by atoms with E-state index in [2.05, 4.69) is 15.4 Å². The number of ether oxygens (including phenoxy) is 2. The van der Waals surface area contributed by atoms with E-state index in [0.717, 1.165) is 5.56 Å². The zero-order valence-electron chi connectivity index (χ0n) is 15.7. The third-order valence-electron chi connectivity index (χ3n) is 3.73. The molecular formula is C20H21F3N2O4. The second-order valence-corrected chi connectivity index (χ2v) is 5.93. The quantitative estimate of drug-likeness (QED) is 0.666. The summed E-state index contributed by atoms with van der Waals surface area (Å²) in [4.78, 5) is 23.8. The molecule has 9 heteroatoms. The van der Waals surface area contributed by atoms with Gasteiger partial charge in [0.25, 0.3) is 5.91 Å². The molecular weight excluding hydrogens is 389 g/mol. The Labute approximate surface area is 166 Å². The Balaban J connectivity index is 1.69. The Kier molecular flexibility index (Phi) is 7.88. The molecule has 2 rings (SSSR count). The van der Waals surface area contributed by atoms with Crippen LogP contribution in [0.4, 0.5) is 13.2 Å². The highest BCUT2D eigenvalue weighted by Gasteiger charge is 2.30. The fraction of sp³-hybridized carbons (Fsp3) is 0.300. The van der Waals surface area contributed by atoms with Gasteiger partial charge in [-0.15, -0.1) is 13.2 Å². The second kappa shape index (κ2) is 10.4. The zero-order chi connectivity index (χ0) is 21.3. The van der Waals surface area contributed by atoms with Crippen LogP contribution >= 0.6 is 0 Å². The van der Waals surface area contributed by atoms with Crippen molar-refractivity contribution >= 4 is 11.8 Å².